The van der Waals surface area contributed by atoms with Crippen LogP contribution in [0.3, 0.4) is 0 Å². The third-order valence-corrected chi connectivity index (χ3v) is 5.17. The van der Waals surface area contributed by atoms with Crippen molar-refractivity contribution in [2.24, 2.45) is 0 Å². The quantitative estimate of drug-likeness (QED) is 0.637. The Balaban J connectivity index is 1.94. The van der Waals surface area contributed by atoms with Gasteiger partial charge in [-0.15, -0.1) is 0 Å². The van der Waals surface area contributed by atoms with Gasteiger partial charge in [0.25, 0.3) is 5.91 Å². The summed E-state index contributed by atoms with van der Waals surface area (Å²) in [6.07, 6.45) is 1.10. The van der Waals surface area contributed by atoms with Crippen LogP contribution < -0.4 is 4.72 Å². The summed E-state index contributed by atoms with van der Waals surface area (Å²) in [5.74, 6) is -0.146. The van der Waals surface area contributed by atoms with Crippen molar-refractivity contribution >= 4 is 21.6 Å². The monoisotopic (exact) mass is 408 g/mol. The molecule has 3 rings (SSSR count). The van der Waals surface area contributed by atoms with Crippen molar-refractivity contribution in [3.8, 4) is 0 Å². The van der Waals surface area contributed by atoms with Crippen LogP contribution in [0.5, 0.6) is 0 Å². The molecule has 5 nitrogen and oxygen atoms in total. The standard InChI is InChI=1S/C23H24N2O3S/c1-18-21(14-9-15-22(18)24-29(2,27)28)23(26)25(16-19-10-5-3-6-11-19)17-20-12-7-4-8-13-20/h3-15,24H,16-17H2,1-2H3. The molecule has 0 heterocycles. The Morgan fingerprint density at radius 2 is 1.34 bits per heavy atom. The summed E-state index contributed by atoms with van der Waals surface area (Å²) in [4.78, 5) is 15.2. The summed E-state index contributed by atoms with van der Waals surface area (Å²) in [7, 11) is -3.43. The Morgan fingerprint density at radius 1 is 0.828 bits per heavy atom. The summed E-state index contributed by atoms with van der Waals surface area (Å²) in [5, 5.41) is 0. The van der Waals surface area contributed by atoms with E-state index in [1.165, 1.54) is 0 Å². The molecule has 0 saturated heterocycles. The lowest BCUT2D eigenvalue weighted by molar-refractivity contribution is 0.0729. The number of rotatable bonds is 7. The van der Waals surface area contributed by atoms with Crippen molar-refractivity contribution in [1.29, 1.82) is 0 Å². The molecular formula is C23H24N2O3S. The number of benzene rings is 3. The van der Waals surface area contributed by atoms with Crippen molar-refractivity contribution in [3.63, 3.8) is 0 Å². The molecule has 0 fully saturated rings. The van der Waals surface area contributed by atoms with E-state index >= 15 is 0 Å². The van der Waals surface area contributed by atoms with Gasteiger partial charge in [-0.05, 0) is 35.7 Å². The lowest BCUT2D eigenvalue weighted by Gasteiger charge is -2.24. The van der Waals surface area contributed by atoms with Gasteiger partial charge >= 0.3 is 0 Å². The molecule has 0 radical (unpaired) electrons. The lowest BCUT2D eigenvalue weighted by Crippen LogP contribution is -2.31. The van der Waals surface area contributed by atoms with Crippen molar-refractivity contribution < 1.29 is 13.2 Å². The first kappa shape index (κ1) is 20.6. The Labute approximate surface area is 172 Å². The highest BCUT2D eigenvalue weighted by atomic mass is 32.2. The summed E-state index contributed by atoms with van der Waals surface area (Å²) in [5.41, 5.74) is 3.55. The Kier molecular flexibility index (Phi) is 6.34. The van der Waals surface area contributed by atoms with Gasteiger partial charge in [0, 0.05) is 18.7 Å². The van der Waals surface area contributed by atoms with E-state index in [9.17, 15) is 13.2 Å². The van der Waals surface area contributed by atoms with Crippen LogP contribution in [0.15, 0.2) is 78.9 Å². The molecule has 0 aromatic heterocycles. The van der Waals surface area contributed by atoms with Crippen LogP contribution in [0.1, 0.15) is 27.0 Å². The van der Waals surface area contributed by atoms with Crippen molar-refractivity contribution in [3.05, 3.63) is 101 Å². The van der Waals surface area contributed by atoms with Crippen LogP contribution in [0.2, 0.25) is 0 Å². The SMILES string of the molecule is Cc1c(NS(C)(=O)=O)cccc1C(=O)N(Cc1ccccc1)Cc1ccccc1. The average molecular weight is 409 g/mol. The average Bonchev–Trinajstić information content (AvgIpc) is 2.69. The molecule has 0 saturated carbocycles. The van der Waals surface area contributed by atoms with Crippen LogP contribution in [-0.4, -0.2) is 25.5 Å². The largest absolute Gasteiger partial charge is 0.330 e. The number of anilines is 1. The van der Waals surface area contributed by atoms with Gasteiger partial charge in [0.2, 0.25) is 10.0 Å². The fraction of sp³-hybridized carbons (Fsp3) is 0.174. The van der Waals surface area contributed by atoms with Crippen LogP contribution in [0.4, 0.5) is 5.69 Å². The smallest absolute Gasteiger partial charge is 0.254 e. The van der Waals surface area contributed by atoms with Gasteiger partial charge < -0.3 is 4.90 Å². The third-order valence-electron chi connectivity index (χ3n) is 4.58. The summed E-state index contributed by atoms with van der Waals surface area (Å²) in [6.45, 7) is 2.67. The summed E-state index contributed by atoms with van der Waals surface area (Å²) < 4.78 is 25.8. The second-order valence-electron chi connectivity index (χ2n) is 6.98. The maximum absolute atomic E-state index is 13.4. The van der Waals surface area contributed by atoms with Gasteiger partial charge in [-0.2, -0.15) is 0 Å². The van der Waals surface area contributed by atoms with Gasteiger partial charge in [-0.25, -0.2) is 8.42 Å². The molecule has 1 N–H and O–H groups in total. The highest BCUT2D eigenvalue weighted by molar-refractivity contribution is 7.92. The number of hydrogen-bond donors (Lipinski definition) is 1. The van der Waals surface area contributed by atoms with E-state index in [2.05, 4.69) is 4.72 Å². The first-order chi connectivity index (χ1) is 13.8. The maximum atomic E-state index is 13.4. The Morgan fingerprint density at radius 3 is 1.83 bits per heavy atom. The number of nitrogens with one attached hydrogen (secondary N) is 1. The fourth-order valence-corrected chi connectivity index (χ4v) is 3.78. The normalized spacial score (nSPS) is 11.1. The first-order valence-corrected chi connectivity index (χ1v) is 11.2. The van der Waals surface area contributed by atoms with E-state index in [0.717, 1.165) is 17.4 Å². The molecule has 3 aromatic carbocycles. The number of nitrogens with zero attached hydrogens (tertiary/aromatic N) is 1. The molecule has 6 heteroatoms. The molecule has 1 amide bonds. The van der Waals surface area contributed by atoms with Crippen molar-refractivity contribution in [2.45, 2.75) is 20.0 Å². The van der Waals surface area contributed by atoms with Gasteiger partial charge in [-0.3, -0.25) is 9.52 Å². The van der Waals surface area contributed by atoms with E-state index < -0.39 is 10.0 Å². The van der Waals surface area contributed by atoms with Crippen molar-refractivity contribution in [1.82, 2.24) is 4.90 Å². The minimum Gasteiger partial charge on any atom is -0.330 e. The van der Waals surface area contributed by atoms with E-state index in [-0.39, 0.29) is 5.91 Å². The van der Waals surface area contributed by atoms with Crippen molar-refractivity contribution in [2.75, 3.05) is 11.0 Å². The van der Waals surface area contributed by atoms with E-state index in [0.29, 0.717) is 29.9 Å². The number of carbonyl (C=O) groups excluding carboxylic acids is 1. The van der Waals surface area contributed by atoms with Crippen LogP contribution in [0, 0.1) is 6.92 Å². The molecule has 0 bridgehead atoms. The zero-order valence-electron chi connectivity index (χ0n) is 16.5. The van der Waals surface area contributed by atoms with E-state index in [1.54, 1.807) is 30.0 Å². The first-order valence-electron chi connectivity index (χ1n) is 9.28. The highest BCUT2D eigenvalue weighted by Gasteiger charge is 2.20. The second-order valence-corrected chi connectivity index (χ2v) is 8.73. The van der Waals surface area contributed by atoms with Crippen LogP contribution in [0.25, 0.3) is 0 Å². The minimum atomic E-state index is -3.43. The summed E-state index contributed by atoms with van der Waals surface area (Å²) >= 11 is 0. The van der Waals surface area contributed by atoms with E-state index in [4.69, 9.17) is 0 Å². The van der Waals surface area contributed by atoms with E-state index in [1.807, 2.05) is 60.7 Å². The molecule has 0 aliphatic heterocycles. The molecule has 29 heavy (non-hydrogen) atoms. The molecule has 0 spiro atoms. The molecule has 0 unspecified atom stereocenters. The molecule has 0 aliphatic rings. The third kappa shape index (κ3) is 5.68. The fourth-order valence-electron chi connectivity index (χ4n) is 3.16. The topological polar surface area (TPSA) is 66.5 Å². The second kappa shape index (κ2) is 8.92. The van der Waals surface area contributed by atoms with Gasteiger partial charge in [0.05, 0.1) is 11.9 Å². The molecule has 0 aliphatic carbocycles. The zero-order chi connectivity index (χ0) is 20.9. The lowest BCUT2D eigenvalue weighted by atomic mass is 10.0. The molecule has 0 atom stereocenters. The van der Waals surface area contributed by atoms with Gasteiger partial charge in [0.15, 0.2) is 0 Å². The number of sulfonamides is 1. The molecular weight excluding hydrogens is 384 g/mol. The zero-order valence-corrected chi connectivity index (χ0v) is 17.3. The predicted molar refractivity (Wildman–Crippen MR) is 116 cm³/mol. The number of amides is 1. The Bertz CT molecular complexity index is 1040. The maximum Gasteiger partial charge on any atom is 0.254 e. The highest BCUT2D eigenvalue weighted by Crippen LogP contribution is 2.23. The molecule has 150 valence electrons. The molecule has 3 aromatic rings. The van der Waals surface area contributed by atoms with Gasteiger partial charge in [-0.1, -0.05) is 66.7 Å². The number of hydrogen-bond acceptors (Lipinski definition) is 3. The minimum absolute atomic E-state index is 0.146. The van der Waals surface area contributed by atoms with Gasteiger partial charge in [0.1, 0.15) is 0 Å². The predicted octanol–water partition coefficient (Wildman–Crippen LogP) is 4.21. The van der Waals surface area contributed by atoms with Crippen LogP contribution in [-0.2, 0) is 23.1 Å². The van der Waals surface area contributed by atoms with Crippen LogP contribution >= 0.6 is 0 Å². The number of carbonyl (C=O) groups is 1. The Hall–Kier alpha value is -3.12. The summed E-state index contributed by atoms with van der Waals surface area (Å²) in [6, 6.07) is 24.7.